The minimum Gasteiger partial charge on any atom is -0.392 e. The number of aliphatic hydroxyl groups is 1. The first-order valence-corrected chi connectivity index (χ1v) is 6.59. The molecule has 0 saturated heterocycles. The molecule has 2 amide bonds. The molecule has 0 aliphatic rings. The SMILES string of the molecule is Cc1ccc(F)c(NC(=O)NCc2ccccc2CO)c1. The lowest BCUT2D eigenvalue weighted by atomic mass is 10.1. The van der Waals surface area contributed by atoms with E-state index < -0.39 is 11.8 Å². The molecular weight excluding hydrogens is 271 g/mol. The normalized spacial score (nSPS) is 10.2. The molecule has 0 radical (unpaired) electrons. The molecule has 3 N–H and O–H groups in total. The van der Waals surface area contributed by atoms with E-state index in [2.05, 4.69) is 10.6 Å². The highest BCUT2D eigenvalue weighted by molar-refractivity contribution is 5.89. The van der Waals surface area contributed by atoms with Gasteiger partial charge >= 0.3 is 6.03 Å². The van der Waals surface area contributed by atoms with Crippen LogP contribution in [0.25, 0.3) is 0 Å². The zero-order chi connectivity index (χ0) is 15.2. The van der Waals surface area contributed by atoms with Crippen LogP contribution >= 0.6 is 0 Å². The quantitative estimate of drug-likeness (QED) is 0.810. The highest BCUT2D eigenvalue weighted by atomic mass is 19.1. The standard InChI is InChI=1S/C16H17FN2O2/c1-11-6-7-14(17)15(8-11)19-16(21)18-9-12-4-2-3-5-13(12)10-20/h2-8,20H,9-10H2,1H3,(H2,18,19,21). The van der Waals surface area contributed by atoms with Crippen molar-refractivity contribution in [3.05, 3.63) is 65.0 Å². The van der Waals surface area contributed by atoms with E-state index in [1.165, 1.54) is 6.07 Å². The van der Waals surface area contributed by atoms with Crippen LogP contribution in [0.2, 0.25) is 0 Å². The van der Waals surface area contributed by atoms with E-state index in [4.69, 9.17) is 0 Å². The Morgan fingerprint density at radius 3 is 2.62 bits per heavy atom. The van der Waals surface area contributed by atoms with Crippen LogP contribution < -0.4 is 10.6 Å². The molecule has 0 aliphatic carbocycles. The molecule has 2 aromatic carbocycles. The lowest BCUT2D eigenvalue weighted by Gasteiger charge is -2.11. The number of hydrogen-bond donors (Lipinski definition) is 3. The number of aliphatic hydroxyl groups excluding tert-OH is 1. The number of amides is 2. The van der Waals surface area contributed by atoms with Crippen LogP contribution in [0.4, 0.5) is 14.9 Å². The fourth-order valence-electron chi connectivity index (χ4n) is 1.96. The van der Waals surface area contributed by atoms with Crippen molar-refractivity contribution in [3.8, 4) is 0 Å². The van der Waals surface area contributed by atoms with E-state index >= 15 is 0 Å². The summed E-state index contributed by atoms with van der Waals surface area (Å²) < 4.78 is 13.5. The Hall–Kier alpha value is -2.40. The van der Waals surface area contributed by atoms with Gasteiger partial charge in [-0.1, -0.05) is 30.3 Å². The fraction of sp³-hybridized carbons (Fsp3) is 0.188. The summed E-state index contributed by atoms with van der Waals surface area (Å²) in [6.45, 7) is 1.99. The second-order valence-corrected chi connectivity index (χ2v) is 4.72. The van der Waals surface area contributed by atoms with Gasteiger partial charge in [-0.25, -0.2) is 9.18 Å². The number of rotatable bonds is 4. The van der Waals surface area contributed by atoms with Crippen molar-refractivity contribution in [3.63, 3.8) is 0 Å². The van der Waals surface area contributed by atoms with Crippen molar-refractivity contribution in [1.29, 1.82) is 0 Å². The van der Waals surface area contributed by atoms with E-state index in [1.54, 1.807) is 18.2 Å². The molecule has 4 nitrogen and oxygen atoms in total. The molecule has 0 spiro atoms. The van der Waals surface area contributed by atoms with Crippen LogP contribution in [0.15, 0.2) is 42.5 Å². The Labute approximate surface area is 122 Å². The molecule has 2 aromatic rings. The first-order valence-electron chi connectivity index (χ1n) is 6.59. The number of nitrogens with one attached hydrogen (secondary N) is 2. The van der Waals surface area contributed by atoms with E-state index in [0.717, 1.165) is 16.7 Å². The first kappa shape index (κ1) is 15.0. The minimum atomic E-state index is -0.493. The van der Waals surface area contributed by atoms with Crippen molar-refractivity contribution >= 4 is 11.7 Å². The maximum Gasteiger partial charge on any atom is 0.319 e. The second kappa shape index (κ2) is 6.85. The summed E-state index contributed by atoms with van der Waals surface area (Å²) in [5.41, 5.74) is 2.57. The predicted molar refractivity (Wildman–Crippen MR) is 79.4 cm³/mol. The third kappa shape index (κ3) is 4.03. The molecule has 5 heteroatoms. The number of hydrogen-bond acceptors (Lipinski definition) is 2. The van der Waals surface area contributed by atoms with Crippen LogP contribution in [0.1, 0.15) is 16.7 Å². The summed E-state index contributed by atoms with van der Waals surface area (Å²) in [6, 6.07) is 11.3. The highest BCUT2D eigenvalue weighted by Gasteiger charge is 2.07. The molecule has 0 aliphatic heterocycles. The van der Waals surface area contributed by atoms with Gasteiger partial charge in [-0.3, -0.25) is 0 Å². The third-order valence-electron chi connectivity index (χ3n) is 3.10. The van der Waals surface area contributed by atoms with Gasteiger partial charge < -0.3 is 15.7 Å². The lowest BCUT2D eigenvalue weighted by molar-refractivity contribution is 0.251. The van der Waals surface area contributed by atoms with Crippen LogP contribution in [0.5, 0.6) is 0 Å². The highest BCUT2D eigenvalue weighted by Crippen LogP contribution is 2.15. The Balaban J connectivity index is 1.97. The van der Waals surface area contributed by atoms with Crippen LogP contribution in [-0.4, -0.2) is 11.1 Å². The average Bonchev–Trinajstić information content (AvgIpc) is 2.49. The van der Waals surface area contributed by atoms with Gasteiger partial charge in [0.15, 0.2) is 0 Å². The lowest BCUT2D eigenvalue weighted by Crippen LogP contribution is -2.29. The van der Waals surface area contributed by atoms with Crippen molar-refractivity contribution in [1.82, 2.24) is 5.32 Å². The van der Waals surface area contributed by atoms with E-state index in [-0.39, 0.29) is 18.8 Å². The monoisotopic (exact) mass is 288 g/mol. The Bertz CT molecular complexity index is 644. The first-order chi connectivity index (χ1) is 10.1. The molecule has 0 atom stereocenters. The summed E-state index contributed by atoms with van der Waals surface area (Å²) >= 11 is 0. The number of halogens is 1. The van der Waals surface area contributed by atoms with Gasteiger partial charge in [0.2, 0.25) is 0 Å². The minimum absolute atomic E-state index is 0.0913. The van der Waals surface area contributed by atoms with E-state index in [0.29, 0.717) is 0 Å². The van der Waals surface area contributed by atoms with Gasteiger partial charge in [0.05, 0.1) is 12.3 Å². The fourth-order valence-corrected chi connectivity index (χ4v) is 1.96. The van der Waals surface area contributed by atoms with Gasteiger partial charge in [0, 0.05) is 6.54 Å². The molecule has 0 unspecified atom stereocenters. The number of carbonyl (C=O) groups is 1. The number of aryl methyl sites for hydroxylation is 1. The largest absolute Gasteiger partial charge is 0.392 e. The van der Waals surface area contributed by atoms with Gasteiger partial charge in [0.25, 0.3) is 0 Å². The molecule has 0 saturated carbocycles. The zero-order valence-electron chi connectivity index (χ0n) is 11.7. The summed E-state index contributed by atoms with van der Waals surface area (Å²) in [4.78, 5) is 11.8. The Kier molecular flexibility index (Phi) is 4.90. The smallest absolute Gasteiger partial charge is 0.319 e. The third-order valence-corrected chi connectivity index (χ3v) is 3.10. The molecule has 0 aromatic heterocycles. The molecule has 2 rings (SSSR count). The predicted octanol–water partition coefficient (Wildman–Crippen LogP) is 2.95. The summed E-state index contributed by atoms with van der Waals surface area (Å²) in [5.74, 6) is -0.480. The Morgan fingerprint density at radius 1 is 1.19 bits per heavy atom. The van der Waals surface area contributed by atoms with Gasteiger partial charge in [-0.15, -0.1) is 0 Å². The summed E-state index contributed by atoms with van der Waals surface area (Å²) in [5, 5.41) is 14.3. The molecule has 21 heavy (non-hydrogen) atoms. The number of carbonyl (C=O) groups excluding carboxylic acids is 1. The van der Waals surface area contributed by atoms with Crippen molar-refractivity contribution < 1.29 is 14.3 Å². The van der Waals surface area contributed by atoms with Crippen LogP contribution in [0.3, 0.4) is 0 Å². The van der Waals surface area contributed by atoms with E-state index in [9.17, 15) is 14.3 Å². The molecule has 0 heterocycles. The summed E-state index contributed by atoms with van der Waals surface area (Å²) in [6.07, 6.45) is 0. The van der Waals surface area contributed by atoms with Crippen LogP contribution in [0, 0.1) is 12.7 Å². The van der Waals surface area contributed by atoms with Gasteiger partial charge in [-0.05, 0) is 35.7 Å². The van der Waals surface area contributed by atoms with Gasteiger partial charge in [0.1, 0.15) is 5.82 Å². The average molecular weight is 288 g/mol. The summed E-state index contributed by atoms with van der Waals surface area (Å²) in [7, 11) is 0. The van der Waals surface area contributed by atoms with E-state index in [1.807, 2.05) is 25.1 Å². The molecule has 110 valence electrons. The van der Waals surface area contributed by atoms with Crippen molar-refractivity contribution in [2.75, 3.05) is 5.32 Å². The molecule has 0 fully saturated rings. The molecule has 0 bridgehead atoms. The number of benzene rings is 2. The number of anilines is 1. The van der Waals surface area contributed by atoms with Crippen LogP contribution in [-0.2, 0) is 13.2 Å². The Morgan fingerprint density at radius 2 is 1.90 bits per heavy atom. The van der Waals surface area contributed by atoms with Gasteiger partial charge in [-0.2, -0.15) is 0 Å². The topological polar surface area (TPSA) is 61.4 Å². The van der Waals surface area contributed by atoms with Crippen molar-refractivity contribution in [2.24, 2.45) is 0 Å². The maximum absolute atomic E-state index is 13.5. The van der Waals surface area contributed by atoms with Crippen molar-refractivity contribution in [2.45, 2.75) is 20.1 Å². The maximum atomic E-state index is 13.5. The number of urea groups is 1. The zero-order valence-corrected chi connectivity index (χ0v) is 11.7. The second-order valence-electron chi connectivity index (χ2n) is 4.72. The molecular formula is C16H17FN2O2.